The number of hydrogen-bond acceptors (Lipinski definition) is 3. The van der Waals surface area contributed by atoms with Gasteiger partial charge in [0.15, 0.2) is 0 Å². The van der Waals surface area contributed by atoms with E-state index in [1.807, 2.05) is 0 Å². The Bertz CT molecular complexity index is 343. The highest BCUT2D eigenvalue weighted by Crippen LogP contribution is 1.89. The first-order valence-electron chi connectivity index (χ1n) is 3.18. The van der Waals surface area contributed by atoms with Crippen LogP contribution in [0.5, 0.6) is 0 Å². The van der Waals surface area contributed by atoms with E-state index in [1.165, 1.54) is 18.2 Å². The second kappa shape index (κ2) is 5.55. The van der Waals surface area contributed by atoms with E-state index in [2.05, 4.69) is 6.58 Å². The van der Waals surface area contributed by atoms with E-state index >= 15 is 0 Å². The number of nitrogens with one attached hydrogen (secondary N) is 1. The zero-order chi connectivity index (χ0) is 10.3. The summed E-state index contributed by atoms with van der Waals surface area (Å²) in [5.41, 5.74) is 0. The summed E-state index contributed by atoms with van der Waals surface area (Å²) in [7, 11) is 0.751. The summed E-state index contributed by atoms with van der Waals surface area (Å²) in [5, 5.41) is 0. The van der Waals surface area contributed by atoms with E-state index in [-0.39, 0.29) is 0 Å². The third-order valence-corrected chi connectivity index (χ3v) is 1.50. The Balaban J connectivity index is 4.10. The quantitative estimate of drug-likeness (QED) is 0.436. The number of hydrogen-bond donors (Lipinski definition) is 1. The van der Waals surface area contributed by atoms with Crippen LogP contribution < -0.4 is 4.72 Å². The predicted octanol–water partition coefficient (Wildman–Crippen LogP) is 0.885. The molecule has 1 N–H and O–H groups in total. The van der Waals surface area contributed by atoms with Gasteiger partial charge in [-0.05, 0) is 0 Å². The number of allylic oxidation sites excluding steroid dienone is 4. The van der Waals surface area contributed by atoms with Crippen molar-refractivity contribution in [1.29, 1.82) is 0 Å². The molecule has 0 fully saturated rings. The zero-order valence-electron chi connectivity index (χ0n) is 6.60. The average Bonchev–Trinajstić information content (AvgIpc) is 1.94. The second-order valence-electron chi connectivity index (χ2n) is 1.88. The molecule has 0 aliphatic heterocycles. The van der Waals surface area contributed by atoms with Gasteiger partial charge in [-0.3, -0.25) is 4.79 Å². The maximum absolute atomic E-state index is 10.7. The molecule has 6 heteroatoms. The van der Waals surface area contributed by atoms with Gasteiger partial charge in [0.25, 0.3) is 5.91 Å². The normalized spacial score (nSPS) is 12.1. The molecule has 1 amide bonds. The first kappa shape index (κ1) is 11.9. The molecule has 0 saturated carbocycles. The summed E-state index contributed by atoms with van der Waals surface area (Å²) < 4.78 is 22.1. The van der Waals surface area contributed by atoms with Crippen molar-refractivity contribution < 1.29 is 13.2 Å². The van der Waals surface area contributed by atoms with Crippen LogP contribution in [0.3, 0.4) is 0 Å². The fraction of sp³-hybridized carbons (Fsp3) is 0. The molecule has 13 heavy (non-hydrogen) atoms. The Morgan fingerprint density at radius 1 is 1.31 bits per heavy atom. The van der Waals surface area contributed by atoms with Gasteiger partial charge in [0, 0.05) is 16.8 Å². The second-order valence-corrected chi connectivity index (χ2v) is 4.18. The number of carbonyl (C=O) groups excluding carboxylic acids is 1. The van der Waals surface area contributed by atoms with Crippen LogP contribution in [0.4, 0.5) is 0 Å². The smallest absolute Gasteiger partial charge is 0.269 e. The largest absolute Gasteiger partial charge is 0.321 e. The molecule has 0 spiro atoms. The van der Waals surface area contributed by atoms with Crippen LogP contribution in [0.25, 0.3) is 0 Å². The molecule has 72 valence electrons. The van der Waals surface area contributed by atoms with Crippen molar-refractivity contribution in [3.05, 3.63) is 37.0 Å². The zero-order valence-corrected chi connectivity index (χ0v) is 8.18. The van der Waals surface area contributed by atoms with Gasteiger partial charge in [0.2, 0.25) is 0 Å². The Morgan fingerprint density at radius 2 is 1.92 bits per heavy atom. The van der Waals surface area contributed by atoms with Gasteiger partial charge in [-0.25, -0.2) is 4.72 Å². The minimum atomic E-state index is -3.99. The van der Waals surface area contributed by atoms with Gasteiger partial charge in [-0.1, -0.05) is 30.9 Å². The average molecular weight is 222 g/mol. The summed E-state index contributed by atoms with van der Waals surface area (Å²) in [6.07, 6.45) is 7.01. The summed E-state index contributed by atoms with van der Waals surface area (Å²) in [5.74, 6) is -0.802. The maximum atomic E-state index is 10.7. The van der Waals surface area contributed by atoms with Crippen LogP contribution in [0.1, 0.15) is 0 Å². The summed E-state index contributed by atoms with van der Waals surface area (Å²) in [6, 6.07) is 0. The molecule has 0 saturated heterocycles. The van der Waals surface area contributed by atoms with E-state index in [9.17, 15) is 13.2 Å². The molecule has 4 nitrogen and oxygen atoms in total. The Kier molecular flexibility index (Phi) is 5.10. The van der Waals surface area contributed by atoms with Crippen molar-refractivity contribution in [3.8, 4) is 0 Å². The lowest BCUT2D eigenvalue weighted by molar-refractivity contribution is -0.114. The van der Waals surface area contributed by atoms with Crippen LogP contribution in [0.2, 0.25) is 0 Å². The van der Waals surface area contributed by atoms with Gasteiger partial charge in [0.1, 0.15) is 0 Å². The molecule has 0 radical (unpaired) electrons. The van der Waals surface area contributed by atoms with E-state index in [0.29, 0.717) is 0 Å². The predicted molar refractivity (Wildman–Crippen MR) is 51.4 cm³/mol. The molecule has 0 aliphatic rings. The highest BCUT2D eigenvalue weighted by atomic mass is 35.7. The molecule has 0 aromatic carbocycles. The van der Waals surface area contributed by atoms with Crippen LogP contribution >= 0.6 is 10.7 Å². The molecule has 0 unspecified atom stereocenters. The first-order chi connectivity index (χ1) is 5.95. The lowest BCUT2D eigenvalue weighted by Crippen LogP contribution is -2.24. The number of amides is 1. The molecular weight excluding hydrogens is 214 g/mol. The summed E-state index contributed by atoms with van der Waals surface area (Å²) in [4.78, 5) is 10.7. The first-order valence-corrected chi connectivity index (χ1v) is 5.49. The van der Waals surface area contributed by atoms with Gasteiger partial charge in [0.05, 0.1) is 0 Å². The van der Waals surface area contributed by atoms with E-state index in [4.69, 9.17) is 10.7 Å². The third-order valence-electron chi connectivity index (χ3n) is 0.828. The van der Waals surface area contributed by atoms with Gasteiger partial charge in [-0.15, -0.1) is 0 Å². The summed E-state index contributed by atoms with van der Waals surface area (Å²) >= 11 is 0. The van der Waals surface area contributed by atoms with Gasteiger partial charge >= 0.3 is 9.24 Å². The van der Waals surface area contributed by atoms with E-state index < -0.39 is 15.1 Å². The lowest BCUT2D eigenvalue weighted by atomic mass is 10.4. The topological polar surface area (TPSA) is 63.2 Å². The SMILES string of the molecule is C=C/C=C/C=C/C(=O)NS(=O)(=O)Cl. The van der Waals surface area contributed by atoms with Crippen molar-refractivity contribution in [3.63, 3.8) is 0 Å². The van der Waals surface area contributed by atoms with Crippen molar-refractivity contribution in [1.82, 2.24) is 4.72 Å². The molecule has 0 aliphatic carbocycles. The van der Waals surface area contributed by atoms with Crippen molar-refractivity contribution >= 4 is 25.8 Å². The molecular formula is C7H8ClNO3S. The fourth-order valence-electron chi connectivity index (χ4n) is 0.440. The maximum Gasteiger partial charge on any atom is 0.321 e. The van der Waals surface area contributed by atoms with E-state index in [1.54, 1.807) is 10.8 Å². The van der Waals surface area contributed by atoms with Crippen LogP contribution in [0.15, 0.2) is 37.0 Å². The molecule has 0 heterocycles. The summed E-state index contributed by atoms with van der Waals surface area (Å²) in [6.45, 7) is 3.40. The Hall–Kier alpha value is -1.07. The van der Waals surface area contributed by atoms with Crippen LogP contribution in [-0.2, 0) is 14.0 Å². The highest BCUT2D eigenvalue weighted by Gasteiger charge is 2.05. The minimum absolute atomic E-state index is 0.802. The molecule has 0 aromatic rings. The van der Waals surface area contributed by atoms with Crippen LogP contribution in [-0.4, -0.2) is 14.3 Å². The van der Waals surface area contributed by atoms with E-state index in [0.717, 1.165) is 6.08 Å². The Labute approximate surface area is 81.1 Å². The molecule has 0 bridgehead atoms. The van der Waals surface area contributed by atoms with Gasteiger partial charge in [-0.2, -0.15) is 8.42 Å². The number of halogens is 1. The fourth-order valence-corrected chi connectivity index (χ4v) is 0.976. The van der Waals surface area contributed by atoms with Gasteiger partial charge < -0.3 is 0 Å². The van der Waals surface area contributed by atoms with Crippen molar-refractivity contribution in [2.45, 2.75) is 0 Å². The van der Waals surface area contributed by atoms with Crippen molar-refractivity contribution in [2.75, 3.05) is 0 Å². The highest BCUT2D eigenvalue weighted by molar-refractivity contribution is 8.12. The molecule has 0 rings (SSSR count). The Morgan fingerprint density at radius 3 is 2.38 bits per heavy atom. The monoisotopic (exact) mass is 221 g/mol. The third kappa shape index (κ3) is 8.84. The standard InChI is InChI=1S/C7H8ClNO3S/c1-2-3-4-5-6-7(10)9-13(8,11)12/h2-6H,1H2,(H,9,10)/b4-3+,6-5+. The van der Waals surface area contributed by atoms with Crippen LogP contribution in [0, 0.1) is 0 Å². The molecule has 0 atom stereocenters. The van der Waals surface area contributed by atoms with Crippen molar-refractivity contribution in [2.24, 2.45) is 0 Å². The lowest BCUT2D eigenvalue weighted by Gasteiger charge is -1.92. The number of carbonyl (C=O) groups is 1. The minimum Gasteiger partial charge on any atom is -0.269 e. The molecule has 0 aromatic heterocycles. The number of rotatable bonds is 4.